The van der Waals surface area contributed by atoms with Crippen molar-refractivity contribution in [1.82, 2.24) is 25.3 Å². The van der Waals surface area contributed by atoms with Crippen LogP contribution in [0.1, 0.15) is 55.1 Å². The van der Waals surface area contributed by atoms with Crippen molar-refractivity contribution in [2.24, 2.45) is 0 Å². The number of rotatable bonds is 3. The zero-order chi connectivity index (χ0) is 17.8. The molecule has 2 heterocycles. The van der Waals surface area contributed by atoms with Crippen LogP contribution in [0.2, 0.25) is 0 Å². The molecular formula is C17H26FN5O2. The second-order valence-corrected chi connectivity index (χ2v) is 6.86. The first-order valence-corrected chi connectivity index (χ1v) is 9.05. The van der Waals surface area contributed by atoms with Gasteiger partial charge in [-0.15, -0.1) is 0 Å². The van der Waals surface area contributed by atoms with Crippen LogP contribution in [-0.2, 0) is 0 Å². The molecule has 8 heteroatoms. The Morgan fingerprint density at radius 1 is 1.24 bits per heavy atom. The number of nitrogens with zero attached hydrogens (tertiary/aromatic N) is 3. The largest absolute Gasteiger partial charge is 0.354 e. The summed E-state index contributed by atoms with van der Waals surface area (Å²) in [6.45, 7) is 1.18. The van der Waals surface area contributed by atoms with Crippen LogP contribution >= 0.6 is 0 Å². The highest BCUT2D eigenvalue weighted by Gasteiger charge is 2.30. The van der Waals surface area contributed by atoms with Crippen LogP contribution in [0.4, 0.5) is 9.18 Å². The van der Waals surface area contributed by atoms with Crippen molar-refractivity contribution < 1.29 is 14.0 Å². The predicted octanol–water partition coefficient (Wildman–Crippen LogP) is 1.87. The van der Waals surface area contributed by atoms with E-state index in [1.165, 1.54) is 0 Å². The van der Waals surface area contributed by atoms with E-state index in [1.54, 1.807) is 28.9 Å². The molecule has 0 bridgehead atoms. The topological polar surface area (TPSA) is 79.3 Å². The quantitative estimate of drug-likeness (QED) is 0.872. The number of nitrogens with one attached hydrogen (secondary N) is 2. The first-order chi connectivity index (χ1) is 12.1. The lowest BCUT2D eigenvalue weighted by molar-refractivity contribution is 0.0955. The van der Waals surface area contributed by atoms with Crippen molar-refractivity contribution in [1.29, 1.82) is 0 Å². The minimum atomic E-state index is -0.945. The van der Waals surface area contributed by atoms with Crippen molar-refractivity contribution in [2.45, 2.75) is 56.8 Å². The normalized spacial score (nSPS) is 27.0. The van der Waals surface area contributed by atoms with Crippen LogP contribution < -0.4 is 10.6 Å². The summed E-state index contributed by atoms with van der Waals surface area (Å²) in [4.78, 5) is 25.9. The van der Waals surface area contributed by atoms with E-state index in [0.29, 0.717) is 31.6 Å². The number of piperidine rings is 1. The molecule has 1 aromatic rings. The minimum absolute atomic E-state index is 0.0328. The van der Waals surface area contributed by atoms with Gasteiger partial charge in [0.05, 0.1) is 12.1 Å². The molecule has 2 N–H and O–H groups in total. The zero-order valence-electron chi connectivity index (χ0n) is 14.6. The van der Waals surface area contributed by atoms with Gasteiger partial charge < -0.3 is 15.5 Å². The standard InChI is InChI=1S/C17H26FN5O2/c1-19-16(24)15-8-10-23(21-15)12-5-4-9-22(11-12)17(25)20-14-7-3-2-6-13(14)18/h8,10,12-14H,2-7,9,11H2,1H3,(H,19,24)(H,20,25)/t12?,13-,14-/m1/s1. The fourth-order valence-electron chi connectivity index (χ4n) is 3.64. The predicted molar refractivity (Wildman–Crippen MR) is 91.1 cm³/mol. The van der Waals surface area contributed by atoms with Gasteiger partial charge in [-0.1, -0.05) is 12.8 Å². The molecule has 1 unspecified atom stereocenters. The van der Waals surface area contributed by atoms with Crippen molar-refractivity contribution >= 4 is 11.9 Å². The minimum Gasteiger partial charge on any atom is -0.354 e. The van der Waals surface area contributed by atoms with Gasteiger partial charge in [0.25, 0.3) is 5.91 Å². The van der Waals surface area contributed by atoms with Gasteiger partial charge in [-0.3, -0.25) is 9.48 Å². The molecule has 1 aliphatic heterocycles. The Hall–Kier alpha value is -2.12. The van der Waals surface area contributed by atoms with Crippen LogP contribution in [0.3, 0.4) is 0 Å². The number of carbonyl (C=O) groups is 2. The van der Waals surface area contributed by atoms with E-state index in [0.717, 1.165) is 25.7 Å². The third-order valence-corrected chi connectivity index (χ3v) is 5.12. The summed E-state index contributed by atoms with van der Waals surface area (Å²) in [5.41, 5.74) is 0.367. The highest BCUT2D eigenvalue weighted by atomic mass is 19.1. The Bertz CT molecular complexity index is 620. The molecule has 1 aliphatic carbocycles. The van der Waals surface area contributed by atoms with E-state index in [4.69, 9.17) is 0 Å². The van der Waals surface area contributed by atoms with Gasteiger partial charge in [-0.25, -0.2) is 9.18 Å². The van der Waals surface area contributed by atoms with E-state index in [9.17, 15) is 14.0 Å². The molecule has 25 heavy (non-hydrogen) atoms. The molecule has 0 aromatic carbocycles. The van der Waals surface area contributed by atoms with E-state index in [-0.39, 0.29) is 24.0 Å². The summed E-state index contributed by atoms with van der Waals surface area (Å²) in [6, 6.07) is 1.14. The summed E-state index contributed by atoms with van der Waals surface area (Å²) in [5.74, 6) is -0.226. The lowest BCUT2D eigenvalue weighted by Crippen LogP contribution is -2.52. The molecule has 2 aliphatic rings. The highest BCUT2D eigenvalue weighted by Crippen LogP contribution is 2.24. The van der Waals surface area contributed by atoms with Gasteiger partial charge in [0.1, 0.15) is 11.9 Å². The number of aromatic nitrogens is 2. The first kappa shape index (κ1) is 17.7. The zero-order valence-corrected chi connectivity index (χ0v) is 14.6. The molecule has 1 aromatic heterocycles. The summed E-state index contributed by atoms with van der Waals surface area (Å²) >= 11 is 0. The third-order valence-electron chi connectivity index (χ3n) is 5.12. The molecule has 2 fully saturated rings. The molecule has 3 rings (SSSR count). The number of amides is 3. The average Bonchev–Trinajstić information content (AvgIpc) is 3.13. The Labute approximate surface area is 146 Å². The van der Waals surface area contributed by atoms with Crippen molar-refractivity contribution in [3.8, 4) is 0 Å². The van der Waals surface area contributed by atoms with Gasteiger partial charge in [0.2, 0.25) is 0 Å². The summed E-state index contributed by atoms with van der Waals surface area (Å²) < 4.78 is 15.7. The Kier molecular flexibility index (Phi) is 5.55. The van der Waals surface area contributed by atoms with Crippen molar-refractivity contribution in [3.63, 3.8) is 0 Å². The second-order valence-electron chi connectivity index (χ2n) is 6.86. The fourth-order valence-corrected chi connectivity index (χ4v) is 3.64. The summed E-state index contributed by atoms with van der Waals surface area (Å²) in [6.07, 6.45) is 5.68. The monoisotopic (exact) mass is 351 g/mol. The molecular weight excluding hydrogens is 325 g/mol. The maximum Gasteiger partial charge on any atom is 0.317 e. The molecule has 0 radical (unpaired) electrons. The van der Waals surface area contributed by atoms with Crippen LogP contribution in [0.5, 0.6) is 0 Å². The van der Waals surface area contributed by atoms with Crippen molar-refractivity contribution in [3.05, 3.63) is 18.0 Å². The SMILES string of the molecule is CNC(=O)c1ccn(C2CCCN(C(=O)N[C@@H]3CCCC[C@H]3F)C2)n1. The van der Waals surface area contributed by atoms with E-state index in [2.05, 4.69) is 15.7 Å². The van der Waals surface area contributed by atoms with Gasteiger partial charge in [-0.05, 0) is 31.7 Å². The number of hydrogen-bond acceptors (Lipinski definition) is 3. The number of carbonyl (C=O) groups excluding carboxylic acids is 2. The molecule has 7 nitrogen and oxygen atoms in total. The number of likely N-dealkylation sites (tertiary alicyclic amines) is 1. The molecule has 1 saturated carbocycles. The van der Waals surface area contributed by atoms with Crippen LogP contribution in [-0.4, -0.2) is 59.0 Å². The Balaban J connectivity index is 1.59. The number of hydrogen-bond donors (Lipinski definition) is 2. The van der Waals surface area contributed by atoms with Gasteiger partial charge >= 0.3 is 6.03 Å². The Morgan fingerprint density at radius 2 is 2.04 bits per heavy atom. The fraction of sp³-hybridized carbons (Fsp3) is 0.706. The number of halogens is 1. The first-order valence-electron chi connectivity index (χ1n) is 9.05. The van der Waals surface area contributed by atoms with Crippen LogP contribution in [0.25, 0.3) is 0 Å². The lowest BCUT2D eigenvalue weighted by Gasteiger charge is -2.35. The summed E-state index contributed by atoms with van der Waals surface area (Å²) in [7, 11) is 1.57. The Morgan fingerprint density at radius 3 is 2.80 bits per heavy atom. The van der Waals surface area contributed by atoms with E-state index >= 15 is 0 Å². The smallest absolute Gasteiger partial charge is 0.317 e. The number of urea groups is 1. The second kappa shape index (κ2) is 7.84. The highest BCUT2D eigenvalue weighted by molar-refractivity contribution is 5.91. The van der Waals surface area contributed by atoms with Gasteiger partial charge in [-0.2, -0.15) is 5.10 Å². The maximum atomic E-state index is 13.9. The van der Waals surface area contributed by atoms with E-state index < -0.39 is 6.17 Å². The number of alkyl halides is 1. The maximum absolute atomic E-state index is 13.9. The van der Waals surface area contributed by atoms with Crippen LogP contribution in [0, 0.1) is 0 Å². The summed E-state index contributed by atoms with van der Waals surface area (Å²) in [5, 5.41) is 9.72. The molecule has 3 amide bonds. The molecule has 0 spiro atoms. The van der Waals surface area contributed by atoms with Gasteiger partial charge in [0, 0.05) is 26.3 Å². The lowest BCUT2D eigenvalue weighted by atomic mass is 9.94. The van der Waals surface area contributed by atoms with E-state index in [1.807, 2.05) is 0 Å². The molecule has 1 saturated heterocycles. The average molecular weight is 351 g/mol. The molecule has 3 atom stereocenters. The third kappa shape index (κ3) is 4.11. The molecule has 138 valence electrons. The van der Waals surface area contributed by atoms with Gasteiger partial charge in [0.15, 0.2) is 0 Å². The van der Waals surface area contributed by atoms with Crippen LogP contribution in [0.15, 0.2) is 12.3 Å². The van der Waals surface area contributed by atoms with Crippen molar-refractivity contribution in [2.75, 3.05) is 20.1 Å².